The van der Waals surface area contributed by atoms with Crippen molar-refractivity contribution in [1.82, 2.24) is 4.90 Å². The number of carbonyl (C=O) groups excluding carboxylic acids is 1. The largest absolute Gasteiger partial charge is 0.397 e. The summed E-state index contributed by atoms with van der Waals surface area (Å²) in [6.45, 7) is 5.17. The minimum Gasteiger partial charge on any atom is -0.397 e. The summed E-state index contributed by atoms with van der Waals surface area (Å²) in [6, 6.07) is 13.2. The molecule has 110 valence electrons. The van der Waals surface area contributed by atoms with E-state index in [2.05, 4.69) is 0 Å². The number of hydrogen-bond acceptors (Lipinski definition) is 2. The summed E-state index contributed by atoms with van der Waals surface area (Å²) in [6.07, 6.45) is 0. The van der Waals surface area contributed by atoms with Gasteiger partial charge in [0, 0.05) is 13.1 Å². The van der Waals surface area contributed by atoms with Crippen LogP contribution in [0.1, 0.15) is 28.4 Å². The fraction of sp³-hybridized carbons (Fsp3) is 0.235. The van der Waals surface area contributed by atoms with E-state index < -0.39 is 0 Å². The van der Waals surface area contributed by atoms with Gasteiger partial charge in [-0.2, -0.15) is 0 Å². The van der Waals surface area contributed by atoms with Gasteiger partial charge >= 0.3 is 0 Å². The van der Waals surface area contributed by atoms with Gasteiger partial charge in [-0.25, -0.2) is 0 Å². The Kier molecular flexibility index (Phi) is 4.86. The Labute approximate surface area is 130 Å². The van der Waals surface area contributed by atoms with Gasteiger partial charge < -0.3 is 10.6 Å². The number of para-hydroxylation sites is 1. The molecule has 3 nitrogen and oxygen atoms in total. The summed E-state index contributed by atoms with van der Waals surface area (Å²) < 4.78 is 0. The van der Waals surface area contributed by atoms with E-state index in [1.807, 2.05) is 38.1 Å². The van der Waals surface area contributed by atoms with Gasteiger partial charge in [-0.05, 0) is 37.1 Å². The van der Waals surface area contributed by atoms with Crippen molar-refractivity contribution < 1.29 is 4.79 Å². The molecule has 0 aliphatic rings. The van der Waals surface area contributed by atoms with Crippen LogP contribution in [0.15, 0.2) is 42.5 Å². The molecule has 4 heteroatoms. The highest BCUT2D eigenvalue weighted by atomic mass is 35.5. The van der Waals surface area contributed by atoms with E-state index in [-0.39, 0.29) is 5.91 Å². The zero-order valence-electron chi connectivity index (χ0n) is 12.3. The van der Waals surface area contributed by atoms with E-state index in [4.69, 9.17) is 17.3 Å². The third kappa shape index (κ3) is 3.37. The Morgan fingerprint density at radius 1 is 1.19 bits per heavy atom. The molecule has 0 aliphatic heterocycles. The maximum Gasteiger partial charge on any atom is 0.256 e. The summed E-state index contributed by atoms with van der Waals surface area (Å²) >= 11 is 6.00. The summed E-state index contributed by atoms with van der Waals surface area (Å²) in [5.41, 5.74) is 9.02. The molecule has 2 aromatic carbocycles. The molecule has 0 aliphatic carbocycles. The van der Waals surface area contributed by atoms with Crippen molar-refractivity contribution in [1.29, 1.82) is 0 Å². The second kappa shape index (κ2) is 6.64. The molecule has 0 bridgehead atoms. The first-order chi connectivity index (χ1) is 10.0. The third-order valence-electron chi connectivity index (χ3n) is 3.57. The van der Waals surface area contributed by atoms with Gasteiger partial charge in [0.1, 0.15) is 0 Å². The number of carbonyl (C=O) groups is 1. The number of rotatable bonds is 4. The predicted octanol–water partition coefficient (Wildman–Crippen LogP) is 3.89. The van der Waals surface area contributed by atoms with Crippen LogP contribution < -0.4 is 5.73 Å². The van der Waals surface area contributed by atoms with E-state index in [9.17, 15) is 4.79 Å². The standard InChI is InChI=1S/C17H19ClN2O/c1-3-20(11-13-8-5-4-7-12(13)2)17(21)14-9-6-10-15(18)16(14)19/h4-10H,3,11,19H2,1-2H3. The normalized spacial score (nSPS) is 10.4. The van der Waals surface area contributed by atoms with Crippen molar-refractivity contribution in [2.45, 2.75) is 20.4 Å². The first-order valence-electron chi connectivity index (χ1n) is 6.92. The van der Waals surface area contributed by atoms with E-state index in [1.54, 1.807) is 23.1 Å². The highest BCUT2D eigenvalue weighted by Crippen LogP contribution is 2.24. The Morgan fingerprint density at radius 3 is 2.57 bits per heavy atom. The molecule has 1 amide bonds. The van der Waals surface area contributed by atoms with Gasteiger partial charge in [-0.15, -0.1) is 0 Å². The molecule has 2 aromatic rings. The van der Waals surface area contributed by atoms with Crippen molar-refractivity contribution in [3.8, 4) is 0 Å². The molecular formula is C17H19ClN2O. The maximum absolute atomic E-state index is 12.7. The second-order valence-corrected chi connectivity index (χ2v) is 5.35. The number of nitrogens with zero attached hydrogens (tertiary/aromatic N) is 1. The lowest BCUT2D eigenvalue weighted by atomic mass is 10.1. The van der Waals surface area contributed by atoms with Crippen LogP contribution in [0.4, 0.5) is 5.69 Å². The molecule has 0 fully saturated rings. The quantitative estimate of drug-likeness (QED) is 0.871. The molecule has 0 aromatic heterocycles. The van der Waals surface area contributed by atoms with Crippen LogP contribution in [0.25, 0.3) is 0 Å². The van der Waals surface area contributed by atoms with Crippen LogP contribution in [0.3, 0.4) is 0 Å². The molecule has 21 heavy (non-hydrogen) atoms. The molecule has 0 saturated heterocycles. The molecule has 0 heterocycles. The first-order valence-corrected chi connectivity index (χ1v) is 7.30. The summed E-state index contributed by atoms with van der Waals surface area (Å²) in [4.78, 5) is 14.4. The zero-order chi connectivity index (χ0) is 15.4. The van der Waals surface area contributed by atoms with Crippen molar-refractivity contribution in [2.24, 2.45) is 0 Å². The van der Waals surface area contributed by atoms with Crippen molar-refractivity contribution in [3.05, 3.63) is 64.2 Å². The predicted molar refractivity (Wildman–Crippen MR) is 87.5 cm³/mol. The van der Waals surface area contributed by atoms with Gasteiger partial charge in [0.15, 0.2) is 0 Å². The van der Waals surface area contributed by atoms with Crippen molar-refractivity contribution in [2.75, 3.05) is 12.3 Å². The number of halogens is 1. The zero-order valence-corrected chi connectivity index (χ0v) is 13.0. The molecule has 2 N–H and O–H groups in total. The number of hydrogen-bond donors (Lipinski definition) is 1. The van der Waals surface area contributed by atoms with Gasteiger partial charge in [0.2, 0.25) is 0 Å². The SMILES string of the molecule is CCN(Cc1ccccc1C)C(=O)c1cccc(Cl)c1N. The number of benzene rings is 2. The number of amides is 1. The van der Waals surface area contributed by atoms with Gasteiger partial charge in [-0.1, -0.05) is 41.9 Å². The minimum atomic E-state index is -0.0965. The van der Waals surface area contributed by atoms with Gasteiger partial charge in [0.25, 0.3) is 5.91 Å². The number of anilines is 1. The van der Waals surface area contributed by atoms with Crippen LogP contribution in [0.5, 0.6) is 0 Å². The Morgan fingerprint density at radius 2 is 1.90 bits per heavy atom. The fourth-order valence-corrected chi connectivity index (χ4v) is 2.39. The average molecular weight is 303 g/mol. The van der Waals surface area contributed by atoms with Crippen LogP contribution in [-0.4, -0.2) is 17.4 Å². The molecule has 0 spiro atoms. The lowest BCUT2D eigenvalue weighted by molar-refractivity contribution is 0.0753. The van der Waals surface area contributed by atoms with Crippen LogP contribution >= 0.6 is 11.6 Å². The highest BCUT2D eigenvalue weighted by molar-refractivity contribution is 6.33. The molecule has 0 unspecified atom stereocenters. The van der Waals surface area contributed by atoms with E-state index in [0.29, 0.717) is 29.4 Å². The fourth-order valence-electron chi connectivity index (χ4n) is 2.21. The average Bonchev–Trinajstić information content (AvgIpc) is 2.48. The molecule has 0 saturated carbocycles. The molecule has 0 radical (unpaired) electrons. The summed E-state index contributed by atoms with van der Waals surface area (Å²) in [5.74, 6) is -0.0965. The highest BCUT2D eigenvalue weighted by Gasteiger charge is 2.18. The first kappa shape index (κ1) is 15.4. The maximum atomic E-state index is 12.7. The molecule has 2 rings (SSSR count). The molecule has 0 atom stereocenters. The van der Waals surface area contributed by atoms with E-state index in [1.165, 1.54) is 5.56 Å². The smallest absolute Gasteiger partial charge is 0.256 e. The number of nitrogen functional groups attached to an aromatic ring is 1. The Bertz CT molecular complexity index is 655. The van der Waals surface area contributed by atoms with Crippen molar-refractivity contribution >= 4 is 23.2 Å². The summed E-state index contributed by atoms with van der Waals surface area (Å²) in [7, 11) is 0. The lowest BCUT2D eigenvalue weighted by Gasteiger charge is -2.23. The Hall–Kier alpha value is -2.00. The van der Waals surface area contributed by atoms with E-state index >= 15 is 0 Å². The van der Waals surface area contributed by atoms with Crippen LogP contribution in [0.2, 0.25) is 5.02 Å². The van der Waals surface area contributed by atoms with Gasteiger partial charge in [0.05, 0.1) is 16.3 Å². The third-order valence-corrected chi connectivity index (χ3v) is 3.90. The lowest BCUT2D eigenvalue weighted by Crippen LogP contribution is -2.31. The Balaban J connectivity index is 2.27. The van der Waals surface area contributed by atoms with Crippen LogP contribution in [-0.2, 0) is 6.54 Å². The second-order valence-electron chi connectivity index (χ2n) is 4.95. The van der Waals surface area contributed by atoms with E-state index in [0.717, 1.165) is 5.56 Å². The van der Waals surface area contributed by atoms with Crippen LogP contribution in [0, 0.1) is 6.92 Å². The molecular weight excluding hydrogens is 284 g/mol. The number of nitrogens with two attached hydrogens (primary N) is 1. The van der Waals surface area contributed by atoms with Gasteiger partial charge in [-0.3, -0.25) is 4.79 Å². The monoisotopic (exact) mass is 302 g/mol. The van der Waals surface area contributed by atoms with Crippen molar-refractivity contribution in [3.63, 3.8) is 0 Å². The minimum absolute atomic E-state index is 0.0965. The number of aryl methyl sites for hydroxylation is 1. The topological polar surface area (TPSA) is 46.3 Å². The summed E-state index contributed by atoms with van der Waals surface area (Å²) in [5, 5.41) is 0.410.